The van der Waals surface area contributed by atoms with E-state index in [0.29, 0.717) is 27.3 Å². The molecule has 0 aliphatic carbocycles. The SMILES string of the molecule is COc1ccc(NC(=O)NC(C(=O)Nc2nnc(-c3cccc(C)c3)s2)C(C)C)c(OC)c1. The number of urea groups is 1. The van der Waals surface area contributed by atoms with Gasteiger partial charge < -0.3 is 20.1 Å². The zero-order valence-corrected chi connectivity index (χ0v) is 19.9. The van der Waals surface area contributed by atoms with Gasteiger partial charge in [-0.05, 0) is 31.0 Å². The van der Waals surface area contributed by atoms with E-state index in [1.54, 1.807) is 25.3 Å². The van der Waals surface area contributed by atoms with E-state index in [0.717, 1.165) is 11.1 Å². The Hall–Kier alpha value is -3.66. The summed E-state index contributed by atoms with van der Waals surface area (Å²) in [7, 11) is 3.04. The highest BCUT2D eigenvalue weighted by Crippen LogP contribution is 2.29. The number of nitrogens with zero attached hydrogens (tertiary/aromatic N) is 2. The summed E-state index contributed by atoms with van der Waals surface area (Å²) in [5, 5.41) is 17.5. The topological polar surface area (TPSA) is 114 Å². The maximum Gasteiger partial charge on any atom is 0.320 e. The van der Waals surface area contributed by atoms with E-state index in [4.69, 9.17) is 9.47 Å². The van der Waals surface area contributed by atoms with Gasteiger partial charge in [0.1, 0.15) is 22.5 Å². The van der Waals surface area contributed by atoms with E-state index in [1.807, 2.05) is 45.0 Å². The minimum atomic E-state index is -0.791. The van der Waals surface area contributed by atoms with E-state index in [1.165, 1.54) is 18.4 Å². The van der Waals surface area contributed by atoms with Gasteiger partial charge in [-0.3, -0.25) is 10.1 Å². The zero-order chi connectivity index (χ0) is 24.0. The molecule has 0 aliphatic rings. The number of carbonyl (C=O) groups is 2. The average molecular weight is 470 g/mol. The van der Waals surface area contributed by atoms with Crippen molar-refractivity contribution in [1.82, 2.24) is 15.5 Å². The molecule has 0 fully saturated rings. The summed E-state index contributed by atoms with van der Waals surface area (Å²) in [4.78, 5) is 25.5. The molecular formula is C23H27N5O4S. The second-order valence-electron chi connectivity index (χ2n) is 7.66. The van der Waals surface area contributed by atoms with Crippen LogP contribution in [0.4, 0.5) is 15.6 Å². The molecule has 0 bridgehead atoms. The summed E-state index contributed by atoms with van der Waals surface area (Å²) in [6, 6.07) is 11.6. The first-order valence-corrected chi connectivity index (χ1v) is 11.1. The Balaban J connectivity index is 1.67. The molecule has 9 nitrogen and oxygen atoms in total. The number of anilines is 2. The second kappa shape index (κ2) is 10.8. The molecule has 1 heterocycles. The standard InChI is InChI=1S/C23H27N5O4S/c1-13(2)19(25-22(30)24-17-10-9-16(31-4)12-18(17)32-5)20(29)26-23-28-27-21(33-23)15-8-6-7-14(3)11-15/h6-13,19H,1-5H3,(H2,24,25,30)(H,26,28,29). The van der Waals surface area contributed by atoms with E-state index >= 15 is 0 Å². The van der Waals surface area contributed by atoms with Crippen LogP contribution < -0.4 is 25.4 Å². The highest BCUT2D eigenvalue weighted by molar-refractivity contribution is 7.18. The fourth-order valence-corrected chi connectivity index (χ4v) is 3.83. The molecule has 0 aliphatic heterocycles. The van der Waals surface area contributed by atoms with Gasteiger partial charge >= 0.3 is 6.03 Å². The molecule has 1 aromatic heterocycles. The molecule has 3 rings (SSSR count). The van der Waals surface area contributed by atoms with Crippen molar-refractivity contribution in [1.29, 1.82) is 0 Å². The van der Waals surface area contributed by atoms with Crippen molar-refractivity contribution in [2.24, 2.45) is 5.92 Å². The number of aromatic nitrogens is 2. The number of rotatable bonds is 8. The molecule has 0 spiro atoms. The van der Waals surface area contributed by atoms with Crippen LogP contribution in [0.5, 0.6) is 11.5 Å². The smallest absolute Gasteiger partial charge is 0.320 e. The molecule has 33 heavy (non-hydrogen) atoms. The fourth-order valence-electron chi connectivity index (χ4n) is 3.09. The molecule has 2 aromatic carbocycles. The summed E-state index contributed by atoms with van der Waals surface area (Å²) in [6.45, 7) is 5.69. The zero-order valence-electron chi connectivity index (χ0n) is 19.1. The minimum absolute atomic E-state index is 0.169. The van der Waals surface area contributed by atoms with Gasteiger partial charge in [0.15, 0.2) is 0 Å². The van der Waals surface area contributed by atoms with Crippen molar-refractivity contribution in [3.63, 3.8) is 0 Å². The maximum absolute atomic E-state index is 12.9. The third-order valence-electron chi connectivity index (χ3n) is 4.81. The lowest BCUT2D eigenvalue weighted by atomic mass is 10.0. The molecule has 3 N–H and O–H groups in total. The molecule has 0 saturated heterocycles. The van der Waals surface area contributed by atoms with Crippen molar-refractivity contribution in [2.45, 2.75) is 26.8 Å². The minimum Gasteiger partial charge on any atom is -0.497 e. The van der Waals surface area contributed by atoms with Crippen molar-refractivity contribution in [3.05, 3.63) is 48.0 Å². The number of hydrogen-bond acceptors (Lipinski definition) is 7. The Morgan fingerprint density at radius 2 is 1.79 bits per heavy atom. The monoisotopic (exact) mass is 469 g/mol. The molecule has 10 heteroatoms. The number of carbonyl (C=O) groups excluding carboxylic acids is 2. The van der Waals surface area contributed by atoms with Crippen molar-refractivity contribution < 1.29 is 19.1 Å². The summed E-state index contributed by atoms with van der Waals surface area (Å²) < 4.78 is 10.5. The number of aryl methyl sites for hydroxylation is 1. The summed E-state index contributed by atoms with van der Waals surface area (Å²) in [5.74, 6) is 0.485. The van der Waals surface area contributed by atoms with Crippen LogP contribution >= 0.6 is 11.3 Å². The maximum atomic E-state index is 12.9. The first-order valence-electron chi connectivity index (χ1n) is 10.3. The Morgan fingerprint density at radius 3 is 2.45 bits per heavy atom. The number of methoxy groups -OCH3 is 2. The van der Waals surface area contributed by atoms with Crippen LogP contribution in [0.15, 0.2) is 42.5 Å². The van der Waals surface area contributed by atoms with E-state index in [9.17, 15) is 9.59 Å². The number of hydrogen-bond donors (Lipinski definition) is 3. The Morgan fingerprint density at radius 1 is 1.00 bits per heavy atom. The number of benzene rings is 2. The van der Waals surface area contributed by atoms with Gasteiger partial charge in [-0.1, -0.05) is 48.9 Å². The van der Waals surface area contributed by atoms with Crippen LogP contribution in [-0.2, 0) is 4.79 Å². The van der Waals surface area contributed by atoms with Gasteiger partial charge in [-0.15, -0.1) is 10.2 Å². The molecule has 0 saturated carbocycles. The highest BCUT2D eigenvalue weighted by atomic mass is 32.1. The summed E-state index contributed by atoms with van der Waals surface area (Å²) >= 11 is 1.27. The van der Waals surface area contributed by atoms with Gasteiger partial charge in [0, 0.05) is 11.6 Å². The van der Waals surface area contributed by atoms with Crippen molar-refractivity contribution >= 4 is 34.1 Å². The largest absolute Gasteiger partial charge is 0.497 e. The van der Waals surface area contributed by atoms with Gasteiger partial charge in [0.2, 0.25) is 11.0 Å². The van der Waals surface area contributed by atoms with Crippen molar-refractivity contribution in [2.75, 3.05) is 24.9 Å². The van der Waals surface area contributed by atoms with Crippen LogP contribution in [-0.4, -0.2) is 42.4 Å². The van der Waals surface area contributed by atoms with Gasteiger partial charge in [-0.25, -0.2) is 4.79 Å². The first kappa shape index (κ1) is 24.0. The van der Waals surface area contributed by atoms with Gasteiger partial charge in [0.25, 0.3) is 0 Å². The van der Waals surface area contributed by atoms with Crippen LogP contribution in [0.25, 0.3) is 10.6 Å². The molecule has 3 aromatic rings. The quantitative estimate of drug-likeness (QED) is 0.453. The van der Waals surface area contributed by atoms with Gasteiger partial charge in [0.05, 0.1) is 19.9 Å². The molecule has 174 valence electrons. The van der Waals surface area contributed by atoms with E-state index in [-0.39, 0.29) is 11.8 Å². The first-order chi connectivity index (χ1) is 15.8. The van der Waals surface area contributed by atoms with Crippen LogP contribution in [0.2, 0.25) is 0 Å². The molecular weight excluding hydrogens is 442 g/mol. The highest BCUT2D eigenvalue weighted by Gasteiger charge is 2.26. The summed E-state index contributed by atoms with van der Waals surface area (Å²) in [5.41, 5.74) is 2.49. The van der Waals surface area contributed by atoms with Crippen LogP contribution in [0.1, 0.15) is 19.4 Å². The van der Waals surface area contributed by atoms with E-state index in [2.05, 4.69) is 26.1 Å². The lowest BCUT2D eigenvalue weighted by Crippen LogP contribution is -2.48. The second-order valence-corrected chi connectivity index (χ2v) is 8.63. The van der Waals surface area contributed by atoms with Gasteiger partial charge in [-0.2, -0.15) is 0 Å². The van der Waals surface area contributed by atoms with Crippen LogP contribution in [0.3, 0.4) is 0 Å². The molecule has 0 radical (unpaired) electrons. The normalized spacial score (nSPS) is 11.6. The third kappa shape index (κ3) is 6.19. The lowest BCUT2D eigenvalue weighted by Gasteiger charge is -2.21. The Kier molecular flexibility index (Phi) is 7.83. The Bertz CT molecular complexity index is 1130. The number of amides is 3. The third-order valence-corrected chi connectivity index (χ3v) is 5.70. The predicted molar refractivity (Wildman–Crippen MR) is 129 cm³/mol. The van der Waals surface area contributed by atoms with E-state index < -0.39 is 12.1 Å². The number of nitrogens with one attached hydrogen (secondary N) is 3. The molecule has 3 amide bonds. The molecule has 1 unspecified atom stereocenters. The van der Waals surface area contributed by atoms with Crippen molar-refractivity contribution in [3.8, 4) is 22.1 Å². The van der Waals surface area contributed by atoms with Crippen LogP contribution in [0, 0.1) is 12.8 Å². The Labute approximate surface area is 196 Å². The molecule has 1 atom stereocenters. The fraction of sp³-hybridized carbons (Fsp3) is 0.304. The average Bonchev–Trinajstić information content (AvgIpc) is 3.26. The lowest BCUT2D eigenvalue weighted by molar-refractivity contribution is -0.118. The summed E-state index contributed by atoms with van der Waals surface area (Å²) in [6.07, 6.45) is 0. The predicted octanol–water partition coefficient (Wildman–Crippen LogP) is 4.32. The number of ether oxygens (including phenoxy) is 2.